The number of amides is 2. The molecule has 0 saturated carbocycles. The fourth-order valence-corrected chi connectivity index (χ4v) is 3.65. The van der Waals surface area contributed by atoms with Gasteiger partial charge in [-0.1, -0.05) is 20.8 Å². The first-order chi connectivity index (χ1) is 12.3. The molecule has 3 rings (SSSR count). The zero-order valence-corrected chi connectivity index (χ0v) is 16.0. The normalized spacial score (nSPS) is 15.2. The standard InChI is InChI=1S/C19H22FN3O2S/c1-19(2,3)18(25)23-10-8-22(9-11-23)17(24)15-12-26-16(21-15)13-4-6-14(20)7-5-13/h4-7,12H,8-11H2,1-3H3. The minimum Gasteiger partial charge on any atom is -0.339 e. The molecule has 26 heavy (non-hydrogen) atoms. The minimum absolute atomic E-state index is 0.108. The minimum atomic E-state index is -0.412. The van der Waals surface area contributed by atoms with Crippen LogP contribution in [0.3, 0.4) is 0 Å². The molecular formula is C19H22FN3O2S. The lowest BCUT2D eigenvalue weighted by Crippen LogP contribution is -2.53. The molecule has 2 heterocycles. The van der Waals surface area contributed by atoms with Gasteiger partial charge in [0, 0.05) is 42.5 Å². The summed E-state index contributed by atoms with van der Waals surface area (Å²) >= 11 is 1.36. The van der Waals surface area contributed by atoms with Crippen LogP contribution in [0.25, 0.3) is 10.6 Å². The number of carbonyl (C=O) groups excluding carboxylic acids is 2. The Morgan fingerprint density at radius 2 is 1.62 bits per heavy atom. The Labute approximate surface area is 156 Å². The summed E-state index contributed by atoms with van der Waals surface area (Å²) in [5.41, 5.74) is 0.770. The zero-order valence-electron chi connectivity index (χ0n) is 15.2. The van der Waals surface area contributed by atoms with Crippen molar-refractivity contribution in [1.29, 1.82) is 0 Å². The number of benzene rings is 1. The van der Waals surface area contributed by atoms with E-state index < -0.39 is 5.41 Å². The van der Waals surface area contributed by atoms with Crippen LogP contribution in [0, 0.1) is 11.2 Å². The highest BCUT2D eigenvalue weighted by Crippen LogP contribution is 2.25. The fraction of sp³-hybridized carbons (Fsp3) is 0.421. The van der Waals surface area contributed by atoms with E-state index in [1.54, 1.807) is 22.4 Å². The van der Waals surface area contributed by atoms with Gasteiger partial charge in [0.15, 0.2) is 0 Å². The largest absolute Gasteiger partial charge is 0.339 e. The third-order valence-corrected chi connectivity index (χ3v) is 5.20. The summed E-state index contributed by atoms with van der Waals surface area (Å²) < 4.78 is 13.0. The lowest BCUT2D eigenvalue weighted by atomic mass is 9.94. The average molecular weight is 375 g/mol. The molecule has 1 aliphatic rings. The van der Waals surface area contributed by atoms with Crippen molar-refractivity contribution in [3.63, 3.8) is 0 Å². The van der Waals surface area contributed by atoms with E-state index in [0.29, 0.717) is 36.9 Å². The second-order valence-corrected chi connectivity index (χ2v) is 8.24. The van der Waals surface area contributed by atoms with Crippen LogP contribution in [0.2, 0.25) is 0 Å². The van der Waals surface area contributed by atoms with Gasteiger partial charge in [-0.05, 0) is 24.3 Å². The molecule has 1 fully saturated rings. The van der Waals surface area contributed by atoms with E-state index in [1.807, 2.05) is 25.7 Å². The van der Waals surface area contributed by atoms with Crippen LogP contribution in [0.5, 0.6) is 0 Å². The molecule has 1 aromatic carbocycles. The van der Waals surface area contributed by atoms with Crippen molar-refractivity contribution in [3.8, 4) is 10.6 Å². The molecule has 1 aromatic heterocycles. The highest BCUT2D eigenvalue weighted by Gasteiger charge is 2.31. The highest BCUT2D eigenvalue weighted by molar-refractivity contribution is 7.13. The van der Waals surface area contributed by atoms with E-state index in [2.05, 4.69) is 4.98 Å². The number of carbonyl (C=O) groups is 2. The van der Waals surface area contributed by atoms with Gasteiger partial charge >= 0.3 is 0 Å². The van der Waals surface area contributed by atoms with Gasteiger partial charge in [0.25, 0.3) is 5.91 Å². The first kappa shape index (κ1) is 18.5. The van der Waals surface area contributed by atoms with Crippen molar-refractivity contribution in [2.24, 2.45) is 5.41 Å². The van der Waals surface area contributed by atoms with E-state index in [1.165, 1.54) is 23.5 Å². The molecule has 0 atom stereocenters. The van der Waals surface area contributed by atoms with E-state index in [4.69, 9.17) is 0 Å². The van der Waals surface area contributed by atoms with Crippen molar-refractivity contribution < 1.29 is 14.0 Å². The molecule has 2 amide bonds. The monoisotopic (exact) mass is 375 g/mol. The Morgan fingerprint density at radius 3 is 2.19 bits per heavy atom. The maximum atomic E-state index is 13.0. The van der Waals surface area contributed by atoms with Crippen LogP contribution in [-0.4, -0.2) is 52.8 Å². The predicted octanol–water partition coefficient (Wildman–Crippen LogP) is 3.28. The van der Waals surface area contributed by atoms with Gasteiger partial charge in [0.05, 0.1) is 0 Å². The van der Waals surface area contributed by atoms with E-state index >= 15 is 0 Å². The molecule has 0 bridgehead atoms. The average Bonchev–Trinajstić information content (AvgIpc) is 3.10. The zero-order chi connectivity index (χ0) is 18.9. The SMILES string of the molecule is CC(C)(C)C(=O)N1CCN(C(=O)c2csc(-c3ccc(F)cc3)n2)CC1. The second kappa shape index (κ2) is 7.15. The third-order valence-electron chi connectivity index (χ3n) is 4.31. The summed E-state index contributed by atoms with van der Waals surface area (Å²) in [5, 5.41) is 2.42. The lowest BCUT2D eigenvalue weighted by Gasteiger charge is -2.37. The number of piperazine rings is 1. The topological polar surface area (TPSA) is 53.5 Å². The summed E-state index contributed by atoms with van der Waals surface area (Å²) in [6, 6.07) is 6.06. The van der Waals surface area contributed by atoms with E-state index in [-0.39, 0.29) is 17.6 Å². The predicted molar refractivity (Wildman–Crippen MR) is 99.4 cm³/mol. The maximum absolute atomic E-state index is 13.0. The smallest absolute Gasteiger partial charge is 0.273 e. The molecule has 0 N–H and O–H groups in total. The highest BCUT2D eigenvalue weighted by atomic mass is 32.1. The Kier molecular flexibility index (Phi) is 5.09. The van der Waals surface area contributed by atoms with Crippen molar-refractivity contribution in [2.75, 3.05) is 26.2 Å². The summed E-state index contributed by atoms with van der Waals surface area (Å²) in [6.45, 7) is 7.79. The Balaban J connectivity index is 1.64. The lowest BCUT2D eigenvalue weighted by molar-refractivity contribution is -0.140. The summed E-state index contributed by atoms with van der Waals surface area (Å²) in [5.74, 6) is -0.321. The third kappa shape index (κ3) is 3.93. The van der Waals surface area contributed by atoms with Gasteiger partial charge in [-0.15, -0.1) is 11.3 Å². The van der Waals surface area contributed by atoms with Crippen LogP contribution in [0.1, 0.15) is 31.3 Å². The molecule has 1 saturated heterocycles. The van der Waals surface area contributed by atoms with Crippen LogP contribution in [0.4, 0.5) is 4.39 Å². The van der Waals surface area contributed by atoms with Crippen molar-refractivity contribution in [3.05, 3.63) is 41.2 Å². The number of halogens is 1. The number of rotatable bonds is 2. The van der Waals surface area contributed by atoms with Gasteiger partial charge in [-0.25, -0.2) is 9.37 Å². The van der Waals surface area contributed by atoms with Gasteiger partial charge in [0.2, 0.25) is 5.91 Å². The molecule has 0 radical (unpaired) electrons. The molecule has 7 heteroatoms. The van der Waals surface area contributed by atoms with Crippen molar-refractivity contribution >= 4 is 23.2 Å². The molecule has 5 nitrogen and oxygen atoms in total. The van der Waals surface area contributed by atoms with Gasteiger partial charge in [-0.3, -0.25) is 9.59 Å². The van der Waals surface area contributed by atoms with Crippen LogP contribution >= 0.6 is 11.3 Å². The van der Waals surface area contributed by atoms with Crippen LogP contribution < -0.4 is 0 Å². The first-order valence-electron chi connectivity index (χ1n) is 8.56. The second-order valence-electron chi connectivity index (χ2n) is 7.38. The number of hydrogen-bond donors (Lipinski definition) is 0. The van der Waals surface area contributed by atoms with Crippen molar-refractivity contribution in [1.82, 2.24) is 14.8 Å². The Bertz CT molecular complexity index is 803. The quantitative estimate of drug-likeness (QED) is 0.809. The van der Waals surface area contributed by atoms with Gasteiger partial charge in [-0.2, -0.15) is 0 Å². The summed E-state index contributed by atoms with van der Waals surface area (Å²) in [4.78, 5) is 33.0. The van der Waals surface area contributed by atoms with Gasteiger partial charge in [0.1, 0.15) is 16.5 Å². The molecule has 2 aromatic rings. The fourth-order valence-electron chi connectivity index (χ4n) is 2.85. The number of thiazole rings is 1. The van der Waals surface area contributed by atoms with E-state index in [9.17, 15) is 14.0 Å². The van der Waals surface area contributed by atoms with E-state index in [0.717, 1.165) is 5.56 Å². The number of aromatic nitrogens is 1. The molecule has 1 aliphatic heterocycles. The molecule has 0 unspecified atom stereocenters. The molecule has 0 spiro atoms. The summed E-state index contributed by atoms with van der Waals surface area (Å²) in [7, 11) is 0. The Morgan fingerprint density at radius 1 is 1.04 bits per heavy atom. The van der Waals surface area contributed by atoms with Crippen LogP contribution in [-0.2, 0) is 4.79 Å². The molecular weight excluding hydrogens is 353 g/mol. The van der Waals surface area contributed by atoms with Crippen molar-refractivity contribution in [2.45, 2.75) is 20.8 Å². The number of nitrogens with zero attached hydrogens (tertiary/aromatic N) is 3. The summed E-state index contributed by atoms with van der Waals surface area (Å²) in [6.07, 6.45) is 0. The number of hydrogen-bond acceptors (Lipinski definition) is 4. The van der Waals surface area contributed by atoms with Crippen LogP contribution in [0.15, 0.2) is 29.6 Å². The van der Waals surface area contributed by atoms with Gasteiger partial charge < -0.3 is 9.80 Å². The first-order valence-corrected chi connectivity index (χ1v) is 9.44. The molecule has 138 valence electrons. The molecule has 0 aliphatic carbocycles. The Hall–Kier alpha value is -2.28. The maximum Gasteiger partial charge on any atom is 0.273 e.